The fraction of sp³-hybridized carbons (Fsp3) is 0.846. The molecule has 1 amide bonds. The second-order valence-corrected chi connectivity index (χ2v) is 10.3. The van der Waals surface area contributed by atoms with E-state index in [9.17, 15) is 14.4 Å². The Hall–Kier alpha value is -2.52. The van der Waals surface area contributed by atoms with Gasteiger partial charge < -0.3 is 21.0 Å². The standard InChI is InChI=1S/C26H49N5O5/c1-26(2,3)36-25(35)21(19-20-24(33)34)29-23(32)18-16-14-12-10-8-6-4-5-7-9-11-13-15-17-22(27)30-31-28/h21H,4-20H2,1-3H3,(H,29,32)(H,33,34)(H3,27,28,30). The van der Waals surface area contributed by atoms with Crippen molar-refractivity contribution in [2.45, 2.75) is 142 Å². The maximum atomic E-state index is 12.3. The predicted molar refractivity (Wildman–Crippen MR) is 141 cm³/mol. The van der Waals surface area contributed by atoms with Gasteiger partial charge in [0.1, 0.15) is 17.5 Å². The molecule has 0 aliphatic rings. The first kappa shape index (κ1) is 33.5. The van der Waals surface area contributed by atoms with E-state index < -0.39 is 23.6 Å². The van der Waals surface area contributed by atoms with Crippen LogP contribution in [-0.4, -0.2) is 40.4 Å². The number of ether oxygens (including phenoxy) is 1. The van der Waals surface area contributed by atoms with Crippen LogP contribution in [0, 0.1) is 5.41 Å². The summed E-state index contributed by atoms with van der Waals surface area (Å²) >= 11 is 0. The summed E-state index contributed by atoms with van der Waals surface area (Å²) in [6.07, 6.45) is 15.5. The van der Waals surface area contributed by atoms with Gasteiger partial charge in [-0.05, 0) is 40.0 Å². The van der Waals surface area contributed by atoms with Gasteiger partial charge >= 0.3 is 11.9 Å². The molecule has 0 fully saturated rings. The van der Waals surface area contributed by atoms with Crippen molar-refractivity contribution in [1.29, 1.82) is 5.41 Å². The molecule has 1 atom stereocenters. The number of rotatable bonds is 21. The molecule has 208 valence electrons. The molecule has 0 aromatic rings. The van der Waals surface area contributed by atoms with E-state index in [-0.39, 0.29) is 24.6 Å². The summed E-state index contributed by atoms with van der Waals surface area (Å²) in [5, 5.41) is 25.6. The Morgan fingerprint density at radius 1 is 0.833 bits per heavy atom. The number of carboxylic acid groups (broad SMARTS) is 1. The van der Waals surface area contributed by atoms with Gasteiger partial charge in [0.25, 0.3) is 0 Å². The maximum Gasteiger partial charge on any atom is 0.329 e. The number of carbonyl (C=O) groups excluding carboxylic acids is 2. The van der Waals surface area contributed by atoms with Gasteiger partial charge in [-0.1, -0.05) is 75.9 Å². The summed E-state index contributed by atoms with van der Waals surface area (Å²) in [4.78, 5) is 35.4. The van der Waals surface area contributed by atoms with Crippen molar-refractivity contribution in [3.8, 4) is 0 Å². The highest BCUT2D eigenvalue weighted by atomic mass is 16.6. The van der Waals surface area contributed by atoms with Crippen molar-refractivity contribution in [2.75, 3.05) is 0 Å². The molecule has 0 aromatic carbocycles. The summed E-state index contributed by atoms with van der Waals surface area (Å²) in [7, 11) is 0. The molecule has 0 aliphatic heterocycles. The third kappa shape index (κ3) is 22.0. The average Bonchev–Trinajstić information content (AvgIpc) is 2.78. The third-order valence-electron chi connectivity index (χ3n) is 5.67. The zero-order valence-corrected chi connectivity index (χ0v) is 22.7. The average molecular weight is 512 g/mol. The smallest absolute Gasteiger partial charge is 0.329 e. The van der Waals surface area contributed by atoms with E-state index in [1.54, 1.807) is 20.8 Å². The summed E-state index contributed by atoms with van der Waals surface area (Å²) < 4.78 is 5.31. The van der Waals surface area contributed by atoms with Crippen molar-refractivity contribution in [1.82, 2.24) is 5.32 Å². The van der Waals surface area contributed by atoms with Gasteiger partial charge in [0, 0.05) is 19.3 Å². The Bertz CT molecular complexity index is 676. The number of nitrogens with zero attached hydrogens (tertiary/aromatic N) is 2. The van der Waals surface area contributed by atoms with Crippen LogP contribution in [0.15, 0.2) is 10.3 Å². The van der Waals surface area contributed by atoms with Crippen LogP contribution in [0.2, 0.25) is 0 Å². The lowest BCUT2D eigenvalue weighted by molar-refractivity contribution is -0.159. The molecular formula is C26H49N5O5. The van der Waals surface area contributed by atoms with Gasteiger partial charge in [-0.2, -0.15) is 0 Å². The molecule has 10 heteroatoms. The first-order valence-corrected chi connectivity index (χ1v) is 13.5. The molecule has 1 unspecified atom stereocenters. The first-order valence-electron chi connectivity index (χ1n) is 13.5. The molecule has 0 bridgehead atoms. The van der Waals surface area contributed by atoms with Gasteiger partial charge in [-0.15, -0.1) is 5.11 Å². The van der Waals surface area contributed by atoms with Crippen LogP contribution in [0.1, 0.15) is 130 Å². The van der Waals surface area contributed by atoms with Crippen LogP contribution in [0.3, 0.4) is 0 Å². The quantitative estimate of drug-likeness (QED) is 0.0287. The Kier molecular flexibility index (Phi) is 19.2. The minimum Gasteiger partial charge on any atom is -0.481 e. The Labute approximate surface area is 216 Å². The number of hydrogen-bond acceptors (Lipinski definition) is 6. The van der Waals surface area contributed by atoms with E-state index >= 15 is 0 Å². The number of amides is 1. The van der Waals surface area contributed by atoms with Gasteiger partial charge in [0.15, 0.2) is 0 Å². The number of carbonyl (C=O) groups is 3. The molecule has 0 radical (unpaired) electrons. The number of nitrogens with two attached hydrogens (primary N) is 1. The first-order chi connectivity index (χ1) is 17.0. The van der Waals surface area contributed by atoms with Crippen molar-refractivity contribution in [3.63, 3.8) is 0 Å². The number of unbranched alkanes of at least 4 members (excludes halogenated alkanes) is 12. The molecule has 0 aromatic heterocycles. The number of esters is 1. The van der Waals surface area contributed by atoms with Crippen molar-refractivity contribution in [2.24, 2.45) is 16.2 Å². The zero-order chi connectivity index (χ0) is 27.2. The van der Waals surface area contributed by atoms with E-state index in [1.165, 1.54) is 44.9 Å². The zero-order valence-electron chi connectivity index (χ0n) is 22.7. The summed E-state index contributed by atoms with van der Waals surface area (Å²) in [6, 6.07) is -0.934. The maximum absolute atomic E-state index is 12.3. The normalized spacial score (nSPS) is 12.4. The van der Waals surface area contributed by atoms with Crippen molar-refractivity contribution < 1.29 is 24.2 Å². The monoisotopic (exact) mass is 511 g/mol. The minimum absolute atomic E-state index is 0.0181. The summed E-state index contributed by atoms with van der Waals surface area (Å²) in [6.45, 7) is 5.20. The molecule has 0 spiro atoms. The molecule has 5 N–H and O–H groups in total. The van der Waals surface area contributed by atoms with E-state index in [0.29, 0.717) is 12.8 Å². The second kappa shape index (κ2) is 20.7. The number of carboxylic acids is 1. The molecule has 0 saturated heterocycles. The molecule has 0 heterocycles. The lowest BCUT2D eigenvalue weighted by Gasteiger charge is -2.24. The minimum atomic E-state index is -1.01. The third-order valence-corrected chi connectivity index (χ3v) is 5.67. The fourth-order valence-corrected chi connectivity index (χ4v) is 3.80. The molecule has 36 heavy (non-hydrogen) atoms. The van der Waals surface area contributed by atoms with Crippen LogP contribution < -0.4 is 11.2 Å². The second-order valence-electron chi connectivity index (χ2n) is 10.3. The van der Waals surface area contributed by atoms with Crippen LogP contribution in [-0.2, 0) is 19.1 Å². The molecular weight excluding hydrogens is 462 g/mol. The highest BCUT2D eigenvalue weighted by molar-refractivity contribution is 5.85. The van der Waals surface area contributed by atoms with E-state index in [1.807, 2.05) is 0 Å². The van der Waals surface area contributed by atoms with Crippen LogP contribution in [0.25, 0.3) is 0 Å². The van der Waals surface area contributed by atoms with Gasteiger partial charge in [-0.25, -0.2) is 4.79 Å². The number of amidine groups is 1. The summed E-state index contributed by atoms with van der Waals surface area (Å²) in [5.41, 5.74) is -0.700. The topological polar surface area (TPSA) is 167 Å². The van der Waals surface area contributed by atoms with Crippen molar-refractivity contribution in [3.05, 3.63) is 0 Å². The number of aliphatic carboxylic acids is 1. The van der Waals surface area contributed by atoms with Gasteiger partial charge in [0.2, 0.25) is 5.91 Å². The molecule has 0 rings (SSSR count). The Morgan fingerprint density at radius 3 is 1.69 bits per heavy atom. The SMILES string of the molecule is CC(C)(C)OC(=O)C(CCC(=O)O)NC(=O)CCCCCCCCCCCCCCCC(=N)N=NN. The van der Waals surface area contributed by atoms with Crippen LogP contribution >= 0.6 is 0 Å². The summed E-state index contributed by atoms with van der Waals surface area (Å²) in [5.74, 6) is 3.32. The van der Waals surface area contributed by atoms with Gasteiger partial charge in [0.05, 0.1) is 0 Å². The lowest BCUT2D eigenvalue weighted by atomic mass is 10.0. The van der Waals surface area contributed by atoms with E-state index in [0.717, 1.165) is 38.5 Å². The van der Waals surface area contributed by atoms with Gasteiger partial charge in [-0.3, -0.25) is 15.0 Å². The Morgan fingerprint density at radius 2 is 1.28 bits per heavy atom. The fourth-order valence-electron chi connectivity index (χ4n) is 3.80. The van der Waals surface area contributed by atoms with E-state index in [2.05, 4.69) is 15.7 Å². The van der Waals surface area contributed by atoms with E-state index in [4.69, 9.17) is 21.1 Å². The molecule has 0 aliphatic carbocycles. The lowest BCUT2D eigenvalue weighted by Crippen LogP contribution is -2.44. The molecule has 0 saturated carbocycles. The van der Waals surface area contributed by atoms with Crippen LogP contribution in [0.5, 0.6) is 0 Å². The highest BCUT2D eigenvalue weighted by Crippen LogP contribution is 2.14. The largest absolute Gasteiger partial charge is 0.481 e. The predicted octanol–water partition coefficient (Wildman–Crippen LogP) is 5.83. The Balaban J connectivity index is 3.76. The number of hydrogen-bond donors (Lipinski definition) is 4. The van der Waals surface area contributed by atoms with Crippen LogP contribution in [0.4, 0.5) is 0 Å². The molecule has 10 nitrogen and oxygen atoms in total. The number of nitrogens with one attached hydrogen (secondary N) is 2. The van der Waals surface area contributed by atoms with Crippen molar-refractivity contribution >= 4 is 23.7 Å². The highest BCUT2D eigenvalue weighted by Gasteiger charge is 2.27.